The van der Waals surface area contributed by atoms with Crippen LogP contribution >= 0.6 is 11.3 Å². The van der Waals surface area contributed by atoms with E-state index in [-0.39, 0.29) is 0 Å². The standard InChI is InChI=1S/C16H17N3O5S2/c20-16(14-10-11-6-2-1-3-8-13(11)25-14)17-18-26(23,24)15-9-5-4-7-12(15)19(21)22/h4-5,7,9-10,18H,1-3,6,8H2,(H,17,20). The molecular weight excluding hydrogens is 378 g/mol. The van der Waals surface area contributed by atoms with E-state index in [1.165, 1.54) is 29.9 Å². The van der Waals surface area contributed by atoms with Crippen LogP contribution in [-0.2, 0) is 22.9 Å². The van der Waals surface area contributed by atoms with Gasteiger partial charge in [-0.3, -0.25) is 20.3 Å². The second-order valence-corrected chi connectivity index (χ2v) is 8.69. The van der Waals surface area contributed by atoms with Crippen molar-refractivity contribution in [3.05, 3.63) is 55.8 Å². The summed E-state index contributed by atoms with van der Waals surface area (Å²) in [6, 6.07) is 6.74. The van der Waals surface area contributed by atoms with E-state index in [9.17, 15) is 23.3 Å². The largest absolute Gasteiger partial charge is 0.289 e. The van der Waals surface area contributed by atoms with Gasteiger partial charge in [0.05, 0.1) is 9.80 Å². The van der Waals surface area contributed by atoms with Gasteiger partial charge in [0.2, 0.25) is 0 Å². The molecule has 1 heterocycles. The van der Waals surface area contributed by atoms with Crippen molar-refractivity contribution < 1.29 is 18.1 Å². The molecule has 0 saturated carbocycles. The van der Waals surface area contributed by atoms with Crippen LogP contribution in [-0.4, -0.2) is 19.2 Å². The third-order valence-corrected chi connectivity index (χ3v) is 6.65. The number of thiophene rings is 1. The average Bonchev–Trinajstić information content (AvgIpc) is 2.90. The average molecular weight is 395 g/mol. The van der Waals surface area contributed by atoms with E-state index in [0.717, 1.165) is 48.3 Å². The molecule has 0 bridgehead atoms. The van der Waals surface area contributed by atoms with Crippen molar-refractivity contribution in [1.82, 2.24) is 10.3 Å². The fourth-order valence-corrected chi connectivity index (χ4v) is 5.01. The maximum Gasteiger partial charge on any atom is 0.289 e. The molecule has 2 N–H and O–H groups in total. The monoisotopic (exact) mass is 395 g/mol. The highest BCUT2D eigenvalue weighted by Crippen LogP contribution is 2.29. The number of carbonyl (C=O) groups is 1. The first-order valence-corrected chi connectivity index (χ1v) is 10.4. The Hall–Kier alpha value is -2.30. The van der Waals surface area contributed by atoms with Crippen molar-refractivity contribution in [1.29, 1.82) is 0 Å². The molecule has 1 aromatic carbocycles. The van der Waals surface area contributed by atoms with Gasteiger partial charge in [-0.25, -0.2) is 8.42 Å². The Bertz CT molecular complexity index is 929. The van der Waals surface area contributed by atoms with Gasteiger partial charge in [0.15, 0.2) is 4.90 Å². The summed E-state index contributed by atoms with van der Waals surface area (Å²) in [6.45, 7) is 0. The van der Waals surface area contributed by atoms with Crippen molar-refractivity contribution in [2.75, 3.05) is 0 Å². The lowest BCUT2D eigenvalue weighted by Gasteiger charge is -2.08. The van der Waals surface area contributed by atoms with Crippen LogP contribution in [0.3, 0.4) is 0 Å². The van der Waals surface area contributed by atoms with Crippen molar-refractivity contribution in [2.45, 2.75) is 37.0 Å². The topological polar surface area (TPSA) is 118 Å². The van der Waals surface area contributed by atoms with E-state index in [2.05, 4.69) is 5.43 Å². The molecule has 0 radical (unpaired) electrons. The molecule has 8 nitrogen and oxygen atoms in total. The normalized spacial score (nSPS) is 14.3. The van der Waals surface area contributed by atoms with Crippen LogP contribution in [0.15, 0.2) is 35.2 Å². The lowest BCUT2D eigenvalue weighted by atomic mass is 10.1. The molecule has 26 heavy (non-hydrogen) atoms. The van der Waals surface area contributed by atoms with E-state index in [0.29, 0.717) is 4.88 Å². The first-order chi connectivity index (χ1) is 12.4. The lowest BCUT2D eigenvalue weighted by molar-refractivity contribution is -0.387. The number of amides is 1. The van der Waals surface area contributed by atoms with Gasteiger partial charge in [0, 0.05) is 10.9 Å². The molecule has 1 amide bonds. The highest BCUT2D eigenvalue weighted by Gasteiger charge is 2.26. The zero-order valence-electron chi connectivity index (χ0n) is 13.7. The minimum atomic E-state index is -4.27. The molecule has 2 aromatic rings. The van der Waals surface area contributed by atoms with Crippen LogP contribution in [0, 0.1) is 10.1 Å². The van der Waals surface area contributed by atoms with Crippen molar-refractivity contribution in [2.24, 2.45) is 0 Å². The van der Waals surface area contributed by atoms with E-state index in [4.69, 9.17) is 0 Å². The minimum absolute atomic E-state index is 0.419. The van der Waals surface area contributed by atoms with Crippen LogP contribution in [0.1, 0.15) is 39.4 Å². The number of rotatable bonds is 5. The third-order valence-electron chi connectivity index (χ3n) is 4.12. The Morgan fingerprint density at radius 2 is 1.88 bits per heavy atom. The van der Waals surface area contributed by atoms with Crippen LogP contribution in [0.4, 0.5) is 5.69 Å². The number of sulfonamides is 1. The smallest absolute Gasteiger partial charge is 0.273 e. The summed E-state index contributed by atoms with van der Waals surface area (Å²) in [5, 5.41) is 11.0. The Kier molecular flexibility index (Phi) is 5.35. The molecule has 0 saturated heterocycles. The fraction of sp³-hybridized carbons (Fsp3) is 0.312. The molecule has 10 heteroatoms. The second-order valence-electron chi connectivity index (χ2n) is 5.90. The number of nitrogens with zero attached hydrogens (tertiary/aromatic N) is 1. The summed E-state index contributed by atoms with van der Waals surface area (Å²) < 4.78 is 24.6. The molecule has 0 unspecified atom stereocenters. The number of hydrazine groups is 1. The van der Waals surface area contributed by atoms with E-state index in [1.807, 2.05) is 4.83 Å². The third kappa shape index (κ3) is 3.92. The maximum absolute atomic E-state index is 12.3. The Balaban J connectivity index is 1.74. The number of para-hydroxylation sites is 1. The van der Waals surface area contributed by atoms with Gasteiger partial charge in [-0.2, -0.15) is 0 Å². The molecule has 0 aliphatic heterocycles. The van der Waals surface area contributed by atoms with Gasteiger partial charge in [-0.05, 0) is 43.4 Å². The molecule has 0 fully saturated rings. The minimum Gasteiger partial charge on any atom is -0.273 e. The lowest BCUT2D eigenvalue weighted by Crippen LogP contribution is -2.41. The van der Waals surface area contributed by atoms with Crippen molar-refractivity contribution in [3.63, 3.8) is 0 Å². The summed E-state index contributed by atoms with van der Waals surface area (Å²) >= 11 is 1.36. The number of hydrogen-bond acceptors (Lipinski definition) is 6. The van der Waals surface area contributed by atoms with Gasteiger partial charge in [-0.15, -0.1) is 16.2 Å². The SMILES string of the molecule is O=C(NNS(=O)(=O)c1ccccc1[N+](=O)[O-])c1cc2c(s1)CCCCC2. The first kappa shape index (κ1) is 18.5. The van der Waals surface area contributed by atoms with Gasteiger partial charge < -0.3 is 0 Å². The van der Waals surface area contributed by atoms with Crippen molar-refractivity contribution >= 4 is 33.0 Å². The summed E-state index contributed by atoms with van der Waals surface area (Å²) in [7, 11) is -4.27. The number of hydrogen-bond donors (Lipinski definition) is 2. The number of nitro groups is 1. The second kappa shape index (κ2) is 7.52. The zero-order valence-corrected chi connectivity index (χ0v) is 15.4. The number of carbonyl (C=O) groups excluding carboxylic acids is 1. The molecule has 0 spiro atoms. The Labute approximate surface area is 154 Å². The molecule has 1 aliphatic carbocycles. The van der Waals surface area contributed by atoms with Crippen molar-refractivity contribution in [3.8, 4) is 0 Å². The molecule has 1 aromatic heterocycles. The van der Waals surface area contributed by atoms with Gasteiger partial charge in [0.1, 0.15) is 0 Å². The van der Waals surface area contributed by atoms with E-state index in [1.54, 1.807) is 6.07 Å². The molecular formula is C16H17N3O5S2. The quantitative estimate of drug-likeness (QED) is 0.458. The zero-order chi connectivity index (χ0) is 18.7. The summed E-state index contributed by atoms with van der Waals surface area (Å²) in [5.74, 6) is -0.578. The first-order valence-electron chi connectivity index (χ1n) is 8.05. The van der Waals surface area contributed by atoms with Crippen LogP contribution in [0.5, 0.6) is 0 Å². The molecule has 138 valence electrons. The number of nitro benzene ring substituents is 1. The molecule has 1 aliphatic rings. The molecule has 3 rings (SSSR count). The van der Waals surface area contributed by atoms with E-state index < -0.39 is 31.4 Å². The predicted molar refractivity (Wildman–Crippen MR) is 96.5 cm³/mol. The van der Waals surface area contributed by atoms with Crippen LogP contribution in [0.2, 0.25) is 0 Å². The fourth-order valence-electron chi connectivity index (χ4n) is 2.84. The number of benzene rings is 1. The summed E-state index contributed by atoms with van der Waals surface area (Å²) in [5.41, 5.74) is 2.72. The predicted octanol–water partition coefficient (Wildman–Crippen LogP) is 2.55. The van der Waals surface area contributed by atoms with E-state index >= 15 is 0 Å². The maximum atomic E-state index is 12.3. The summed E-state index contributed by atoms with van der Waals surface area (Å²) in [6.07, 6.45) is 5.17. The van der Waals surface area contributed by atoms with Crippen LogP contribution in [0.25, 0.3) is 0 Å². The van der Waals surface area contributed by atoms with Gasteiger partial charge in [0.25, 0.3) is 21.6 Å². The Morgan fingerprint density at radius 1 is 1.15 bits per heavy atom. The highest BCUT2D eigenvalue weighted by molar-refractivity contribution is 7.89. The summed E-state index contributed by atoms with van der Waals surface area (Å²) in [4.78, 5) is 25.5. The number of fused-ring (bicyclic) bond motifs is 1. The molecule has 0 atom stereocenters. The highest BCUT2D eigenvalue weighted by atomic mass is 32.2. The van der Waals surface area contributed by atoms with Gasteiger partial charge >= 0.3 is 0 Å². The number of nitrogens with one attached hydrogen (secondary N) is 2. The Morgan fingerprint density at radius 3 is 2.65 bits per heavy atom. The van der Waals surface area contributed by atoms with Crippen LogP contribution < -0.4 is 10.3 Å². The van der Waals surface area contributed by atoms with Gasteiger partial charge in [-0.1, -0.05) is 18.6 Å². The number of aryl methyl sites for hydroxylation is 2.